The zero-order valence-corrected chi connectivity index (χ0v) is 16.8. The molecule has 6 nitrogen and oxygen atoms in total. The first-order chi connectivity index (χ1) is 14.5. The number of nitrogens with zero attached hydrogens (tertiary/aromatic N) is 2. The summed E-state index contributed by atoms with van der Waals surface area (Å²) in [4.78, 5) is 12.1. The van der Waals surface area contributed by atoms with Gasteiger partial charge in [-0.05, 0) is 49.7 Å². The fourth-order valence-electron chi connectivity index (χ4n) is 2.95. The second-order valence-electron chi connectivity index (χ2n) is 6.66. The molecule has 0 aliphatic carbocycles. The molecule has 3 rings (SSSR count). The molecule has 3 aromatic rings. The minimum Gasteiger partial charge on any atom is -0.439 e. The number of carbonyl (C=O) groups excluding carboxylic acids is 1. The maximum Gasteiger partial charge on any atom is 0.226 e. The summed E-state index contributed by atoms with van der Waals surface area (Å²) >= 11 is 0. The molecule has 0 bridgehead atoms. The second kappa shape index (κ2) is 9.98. The monoisotopic (exact) mass is 415 g/mol. The number of aromatic nitrogens is 2. The number of amides is 1. The molecular formula is C22H23F2N3O3. The van der Waals surface area contributed by atoms with Gasteiger partial charge in [-0.15, -0.1) is 0 Å². The van der Waals surface area contributed by atoms with E-state index in [-0.39, 0.29) is 18.1 Å². The lowest BCUT2D eigenvalue weighted by molar-refractivity contribution is -0.121. The van der Waals surface area contributed by atoms with E-state index in [1.165, 1.54) is 28.9 Å². The van der Waals surface area contributed by atoms with E-state index >= 15 is 0 Å². The van der Waals surface area contributed by atoms with Crippen molar-refractivity contribution in [2.75, 3.05) is 20.3 Å². The van der Waals surface area contributed by atoms with Crippen LogP contribution in [0.25, 0.3) is 5.69 Å². The van der Waals surface area contributed by atoms with Crippen molar-refractivity contribution in [2.45, 2.75) is 19.8 Å². The van der Waals surface area contributed by atoms with Gasteiger partial charge in [-0.1, -0.05) is 6.07 Å². The average molecular weight is 415 g/mol. The molecule has 158 valence electrons. The maximum atomic E-state index is 13.6. The Kier molecular flexibility index (Phi) is 7.13. The van der Waals surface area contributed by atoms with Gasteiger partial charge in [0.05, 0.1) is 18.0 Å². The van der Waals surface area contributed by atoms with Gasteiger partial charge in [-0.2, -0.15) is 5.10 Å². The lowest BCUT2D eigenvalue weighted by Crippen LogP contribution is -2.27. The zero-order chi connectivity index (χ0) is 21.5. The number of methoxy groups -OCH3 is 1. The summed E-state index contributed by atoms with van der Waals surface area (Å²) in [6.07, 6.45) is 0.593. The molecule has 1 amide bonds. The van der Waals surface area contributed by atoms with Crippen LogP contribution in [-0.2, 0) is 16.0 Å². The SMILES string of the molecule is COCCNC(=O)CCc1c(C)nn(-c2ccc(F)cc2)c1Oc1cccc(F)c1. The molecule has 0 atom stereocenters. The zero-order valence-electron chi connectivity index (χ0n) is 16.8. The van der Waals surface area contributed by atoms with Gasteiger partial charge in [0, 0.05) is 31.7 Å². The van der Waals surface area contributed by atoms with E-state index in [0.29, 0.717) is 48.1 Å². The lowest BCUT2D eigenvalue weighted by atomic mass is 10.1. The average Bonchev–Trinajstić information content (AvgIpc) is 3.02. The van der Waals surface area contributed by atoms with Crippen molar-refractivity contribution in [3.63, 3.8) is 0 Å². The molecule has 30 heavy (non-hydrogen) atoms. The van der Waals surface area contributed by atoms with Gasteiger partial charge in [0.1, 0.15) is 17.4 Å². The smallest absolute Gasteiger partial charge is 0.226 e. The third kappa shape index (κ3) is 5.42. The van der Waals surface area contributed by atoms with E-state index < -0.39 is 5.82 Å². The molecular weight excluding hydrogens is 392 g/mol. The summed E-state index contributed by atoms with van der Waals surface area (Å²) in [5.41, 5.74) is 1.96. The molecule has 1 aromatic heterocycles. The number of nitrogens with one attached hydrogen (secondary N) is 1. The first kappa shape index (κ1) is 21.4. The Balaban J connectivity index is 1.90. The molecule has 1 N–H and O–H groups in total. The number of rotatable bonds is 9. The highest BCUT2D eigenvalue weighted by Gasteiger charge is 2.20. The van der Waals surface area contributed by atoms with Crippen molar-refractivity contribution in [3.05, 3.63) is 71.4 Å². The van der Waals surface area contributed by atoms with Crippen molar-refractivity contribution < 1.29 is 23.0 Å². The number of halogens is 2. The molecule has 0 saturated carbocycles. The quantitative estimate of drug-likeness (QED) is 0.538. The molecule has 0 fully saturated rings. The van der Waals surface area contributed by atoms with E-state index in [9.17, 15) is 13.6 Å². The summed E-state index contributed by atoms with van der Waals surface area (Å²) in [5.74, 6) is -0.282. The number of aryl methyl sites for hydroxylation is 1. The fourth-order valence-corrected chi connectivity index (χ4v) is 2.95. The molecule has 0 radical (unpaired) electrons. The van der Waals surface area contributed by atoms with Crippen LogP contribution in [0.15, 0.2) is 48.5 Å². The van der Waals surface area contributed by atoms with Gasteiger partial charge in [0.15, 0.2) is 0 Å². The van der Waals surface area contributed by atoms with Crippen LogP contribution < -0.4 is 10.1 Å². The highest BCUT2D eigenvalue weighted by atomic mass is 19.1. The topological polar surface area (TPSA) is 65.4 Å². The van der Waals surface area contributed by atoms with Crippen molar-refractivity contribution >= 4 is 5.91 Å². The highest BCUT2D eigenvalue weighted by molar-refractivity contribution is 5.76. The molecule has 1 heterocycles. The van der Waals surface area contributed by atoms with Gasteiger partial charge < -0.3 is 14.8 Å². The normalized spacial score (nSPS) is 10.8. The van der Waals surface area contributed by atoms with Gasteiger partial charge in [-0.3, -0.25) is 4.79 Å². The molecule has 2 aromatic carbocycles. The molecule has 0 saturated heterocycles. The summed E-state index contributed by atoms with van der Waals surface area (Å²) in [7, 11) is 1.56. The van der Waals surface area contributed by atoms with Crippen molar-refractivity contribution in [3.8, 4) is 17.3 Å². The van der Waals surface area contributed by atoms with E-state index in [1.807, 2.05) is 0 Å². The Morgan fingerprint density at radius 1 is 1.13 bits per heavy atom. The van der Waals surface area contributed by atoms with Crippen LogP contribution in [0.5, 0.6) is 11.6 Å². The van der Waals surface area contributed by atoms with Gasteiger partial charge >= 0.3 is 0 Å². The highest BCUT2D eigenvalue weighted by Crippen LogP contribution is 2.31. The van der Waals surface area contributed by atoms with Gasteiger partial charge in [0.2, 0.25) is 11.8 Å². The van der Waals surface area contributed by atoms with Crippen molar-refractivity contribution in [1.82, 2.24) is 15.1 Å². The van der Waals surface area contributed by atoms with Crippen molar-refractivity contribution in [1.29, 1.82) is 0 Å². The summed E-state index contributed by atoms with van der Waals surface area (Å²) in [6, 6.07) is 11.5. The van der Waals surface area contributed by atoms with Crippen LogP contribution in [0, 0.1) is 18.6 Å². The molecule has 0 aliphatic rings. The van der Waals surface area contributed by atoms with Crippen LogP contribution in [0.4, 0.5) is 8.78 Å². The summed E-state index contributed by atoms with van der Waals surface area (Å²) in [5, 5.41) is 7.28. The van der Waals surface area contributed by atoms with Crippen LogP contribution in [0.3, 0.4) is 0 Å². The second-order valence-corrected chi connectivity index (χ2v) is 6.66. The Hall–Kier alpha value is -3.26. The Morgan fingerprint density at radius 3 is 2.60 bits per heavy atom. The first-order valence-corrected chi connectivity index (χ1v) is 9.51. The van der Waals surface area contributed by atoms with Crippen LogP contribution in [-0.4, -0.2) is 35.9 Å². The predicted octanol–water partition coefficient (Wildman–Crippen LogP) is 3.95. The van der Waals surface area contributed by atoms with Crippen molar-refractivity contribution in [2.24, 2.45) is 0 Å². The standard InChI is InChI=1S/C22H23F2N3O3/c1-15-20(10-11-21(28)25-12-13-29-2)22(30-19-5-3-4-17(24)14-19)27(26-15)18-8-6-16(23)7-9-18/h3-9,14H,10-13H2,1-2H3,(H,25,28). The minimum absolute atomic E-state index is 0.127. The number of hydrogen-bond acceptors (Lipinski definition) is 4. The first-order valence-electron chi connectivity index (χ1n) is 9.51. The largest absolute Gasteiger partial charge is 0.439 e. The van der Waals surface area contributed by atoms with Crippen LogP contribution in [0.2, 0.25) is 0 Å². The Morgan fingerprint density at radius 2 is 1.90 bits per heavy atom. The molecule has 0 unspecified atom stereocenters. The summed E-state index contributed by atoms with van der Waals surface area (Å²) in [6.45, 7) is 2.66. The third-order valence-corrected chi connectivity index (χ3v) is 4.45. The number of carbonyl (C=O) groups is 1. The van der Waals surface area contributed by atoms with Crippen LogP contribution >= 0.6 is 0 Å². The van der Waals surface area contributed by atoms with Gasteiger partial charge in [0.25, 0.3) is 0 Å². The Labute approximate surface area is 173 Å². The third-order valence-electron chi connectivity index (χ3n) is 4.45. The number of benzene rings is 2. The van der Waals surface area contributed by atoms with E-state index in [0.717, 1.165) is 0 Å². The van der Waals surface area contributed by atoms with E-state index in [4.69, 9.17) is 9.47 Å². The number of hydrogen-bond donors (Lipinski definition) is 1. The lowest BCUT2D eigenvalue weighted by Gasteiger charge is -2.12. The number of ether oxygens (including phenoxy) is 2. The molecule has 8 heteroatoms. The minimum atomic E-state index is -0.434. The van der Waals surface area contributed by atoms with Crippen LogP contribution in [0.1, 0.15) is 17.7 Å². The Bertz CT molecular complexity index is 1000. The van der Waals surface area contributed by atoms with E-state index in [2.05, 4.69) is 10.4 Å². The molecule has 0 aliphatic heterocycles. The maximum absolute atomic E-state index is 13.6. The summed E-state index contributed by atoms with van der Waals surface area (Å²) < 4.78 is 39.4. The fraction of sp³-hybridized carbons (Fsp3) is 0.273. The predicted molar refractivity (Wildman–Crippen MR) is 108 cm³/mol. The van der Waals surface area contributed by atoms with Gasteiger partial charge in [-0.25, -0.2) is 13.5 Å². The van der Waals surface area contributed by atoms with E-state index in [1.54, 1.807) is 38.3 Å². The molecule has 0 spiro atoms.